The first kappa shape index (κ1) is 12.9. The van der Waals surface area contributed by atoms with Gasteiger partial charge in [0.25, 0.3) is 0 Å². The summed E-state index contributed by atoms with van der Waals surface area (Å²) in [6, 6.07) is 1.68. The van der Waals surface area contributed by atoms with Gasteiger partial charge in [-0.2, -0.15) is 0 Å². The SMILES string of the molecule is CCCc1cc(N)nc(C(C)S(C)(=O)=O)n1. The molecular weight excluding hydrogens is 226 g/mol. The van der Waals surface area contributed by atoms with Crippen molar-refractivity contribution in [1.29, 1.82) is 0 Å². The molecule has 0 spiro atoms. The lowest BCUT2D eigenvalue weighted by atomic mass is 10.2. The summed E-state index contributed by atoms with van der Waals surface area (Å²) in [5, 5.41) is -0.716. The number of aryl methyl sites for hydroxylation is 1. The molecule has 0 fully saturated rings. The highest BCUT2D eigenvalue weighted by molar-refractivity contribution is 7.90. The van der Waals surface area contributed by atoms with Crippen LogP contribution in [0.2, 0.25) is 0 Å². The molecule has 0 saturated heterocycles. The second kappa shape index (κ2) is 4.78. The Bertz CT molecular complexity index is 471. The van der Waals surface area contributed by atoms with Gasteiger partial charge in [0.1, 0.15) is 16.9 Å². The quantitative estimate of drug-likeness (QED) is 0.856. The van der Waals surface area contributed by atoms with Crippen molar-refractivity contribution in [2.75, 3.05) is 12.0 Å². The van der Waals surface area contributed by atoms with Crippen molar-refractivity contribution in [3.8, 4) is 0 Å². The molecule has 16 heavy (non-hydrogen) atoms. The average molecular weight is 243 g/mol. The topological polar surface area (TPSA) is 85.9 Å². The smallest absolute Gasteiger partial charge is 0.157 e. The standard InChI is InChI=1S/C10H17N3O2S/c1-4-5-8-6-9(11)13-10(12-8)7(2)16(3,14)15/h6-7H,4-5H2,1-3H3,(H2,11,12,13). The fourth-order valence-electron chi connectivity index (χ4n) is 1.30. The van der Waals surface area contributed by atoms with Crippen LogP contribution in [0.25, 0.3) is 0 Å². The summed E-state index contributed by atoms with van der Waals surface area (Å²) >= 11 is 0. The van der Waals surface area contributed by atoms with Crippen LogP contribution in [-0.2, 0) is 16.3 Å². The van der Waals surface area contributed by atoms with Crippen LogP contribution in [0.5, 0.6) is 0 Å². The Hall–Kier alpha value is -1.17. The normalized spacial score (nSPS) is 13.7. The van der Waals surface area contributed by atoms with Crippen molar-refractivity contribution >= 4 is 15.7 Å². The summed E-state index contributed by atoms with van der Waals surface area (Å²) in [6.07, 6.45) is 2.88. The molecule has 5 nitrogen and oxygen atoms in total. The predicted molar refractivity (Wildman–Crippen MR) is 63.7 cm³/mol. The Balaban J connectivity index is 3.14. The third-order valence-electron chi connectivity index (χ3n) is 2.33. The Morgan fingerprint density at radius 3 is 2.56 bits per heavy atom. The third kappa shape index (κ3) is 3.16. The van der Waals surface area contributed by atoms with Crippen molar-refractivity contribution in [3.63, 3.8) is 0 Å². The van der Waals surface area contributed by atoms with Crippen LogP contribution in [0.1, 0.15) is 37.0 Å². The van der Waals surface area contributed by atoms with Crippen molar-refractivity contribution in [2.45, 2.75) is 31.9 Å². The number of nitrogen functional groups attached to an aromatic ring is 1. The summed E-state index contributed by atoms with van der Waals surface area (Å²) in [6.45, 7) is 3.60. The highest BCUT2D eigenvalue weighted by atomic mass is 32.2. The number of nitrogens with two attached hydrogens (primary N) is 1. The summed E-state index contributed by atoms with van der Waals surface area (Å²) in [5.74, 6) is 0.606. The second-order valence-electron chi connectivity index (χ2n) is 3.86. The monoisotopic (exact) mass is 243 g/mol. The zero-order valence-corrected chi connectivity index (χ0v) is 10.6. The van der Waals surface area contributed by atoms with Gasteiger partial charge in [-0.1, -0.05) is 13.3 Å². The van der Waals surface area contributed by atoms with Crippen LogP contribution in [0.4, 0.5) is 5.82 Å². The molecule has 0 aliphatic rings. The van der Waals surface area contributed by atoms with Crippen LogP contribution in [-0.4, -0.2) is 24.6 Å². The van der Waals surface area contributed by atoms with Crippen molar-refractivity contribution < 1.29 is 8.42 Å². The molecule has 1 heterocycles. The Morgan fingerprint density at radius 2 is 2.06 bits per heavy atom. The van der Waals surface area contributed by atoms with Gasteiger partial charge < -0.3 is 5.73 Å². The molecular formula is C10H17N3O2S. The molecule has 1 atom stereocenters. The Kier molecular flexibility index (Phi) is 3.85. The molecule has 0 saturated carbocycles. The van der Waals surface area contributed by atoms with Crippen molar-refractivity contribution in [3.05, 3.63) is 17.6 Å². The van der Waals surface area contributed by atoms with E-state index in [2.05, 4.69) is 9.97 Å². The molecule has 1 unspecified atom stereocenters. The minimum Gasteiger partial charge on any atom is -0.384 e. The molecule has 0 aromatic carbocycles. The second-order valence-corrected chi connectivity index (χ2v) is 6.23. The van der Waals surface area contributed by atoms with E-state index in [4.69, 9.17) is 5.73 Å². The van der Waals surface area contributed by atoms with Gasteiger partial charge in [0.2, 0.25) is 0 Å². The van der Waals surface area contributed by atoms with Crippen molar-refractivity contribution in [2.24, 2.45) is 0 Å². The largest absolute Gasteiger partial charge is 0.384 e. The first-order valence-corrected chi connectivity index (χ1v) is 7.12. The van der Waals surface area contributed by atoms with E-state index in [1.54, 1.807) is 13.0 Å². The van der Waals surface area contributed by atoms with E-state index in [1.807, 2.05) is 6.92 Å². The average Bonchev–Trinajstić information content (AvgIpc) is 2.14. The number of sulfone groups is 1. The highest BCUT2D eigenvalue weighted by Gasteiger charge is 2.20. The Labute approximate surface area is 96.0 Å². The third-order valence-corrected chi connectivity index (χ3v) is 3.82. The van der Waals surface area contributed by atoms with Gasteiger partial charge in [-0.3, -0.25) is 0 Å². The number of rotatable bonds is 4. The fourth-order valence-corrected chi connectivity index (χ4v) is 1.79. The van der Waals surface area contributed by atoms with E-state index >= 15 is 0 Å². The maximum Gasteiger partial charge on any atom is 0.157 e. The number of hydrogen-bond donors (Lipinski definition) is 1. The van der Waals surface area contributed by atoms with Gasteiger partial charge >= 0.3 is 0 Å². The number of hydrogen-bond acceptors (Lipinski definition) is 5. The van der Waals surface area contributed by atoms with Gasteiger partial charge in [-0.05, 0) is 13.3 Å². The molecule has 0 aliphatic carbocycles. The van der Waals surface area contributed by atoms with Gasteiger partial charge in [-0.25, -0.2) is 18.4 Å². The number of anilines is 1. The predicted octanol–water partition coefficient (Wildman–Crippen LogP) is 1.12. The maximum absolute atomic E-state index is 11.4. The van der Waals surface area contributed by atoms with E-state index in [9.17, 15) is 8.42 Å². The molecule has 6 heteroatoms. The number of aromatic nitrogens is 2. The molecule has 0 radical (unpaired) electrons. The summed E-state index contributed by atoms with van der Waals surface area (Å²) in [5.41, 5.74) is 6.42. The molecule has 90 valence electrons. The summed E-state index contributed by atoms with van der Waals surface area (Å²) < 4.78 is 22.8. The van der Waals surface area contributed by atoms with E-state index in [1.165, 1.54) is 6.26 Å². The molecule has 1 aromatic heterocycles. The van der Waals surface area contributed by atoms with Gasteiger partial charge in [-0.15, -0.1) is 0 Å². The van der Waals surface area contributed by atoms with Crippen LogP contribution in [0.15, 0.2) is 6.07 Å². The van der Waals surface area contributed by atoms with E-state index < -0.39 is 15.1 Å². The lowest BCUT2D eigenvalue weighted by Crippen LogP contribution is -2.13. The van der Waals surface area contributed by atoms with Crippen LogP contribution < -0.4 is 5.73 Å². The van der Waals surface area contributed by atoms with Gasteiger partial charge in [0.15, 0.2) is 9.84 Å². The minimum absolute atomic E-state index is 0.283. The zero-order valence-electron chi connectivity index (χ0n) is 9.77. The van der Waals surface area contributed by atoms with Gasteiger partial charge in [0.05, 0.1) is 0 Å². The fraction of sp³-hybridized carbons (Fsp3) is 0.600. The molecule has 1 rings (SSSR count). The lowest BCUT2D eigenvalue weighted by molar-refractivity contribution is 0.589. The number of nitrogens with zero attached hydrogens (tertiary/aromatic N) is 2. The van der Waals surface area contributed by atoms with Crippen LogP contribution in [0.3, 0.4) is 0 Å². The van der Waals surface area contributed by atoms with Crippen molar-refractivity contribution in [1.82, 2.24) is 9.97 Å². The van der Waals surface area contributed by atoms with E-state index in [-0.39, 0.29) is 5.82 Å². The molecule has 2 N–H and O–H groups in total. The van der Waals surface area contributed by atoms with Crippen LogP contribution in [0, 0.1) is 0 Å². The van der Waals surface area contributed by atoms with Gasteiger partial charge in [0, 0.05) is 18.0 Å². The molecule has 0 bridgehead atoms. The first-order valence-electron chi connectivity index (χ1n) is 5.16. The summed E-state index contributed by atoms with van der Waals surface area (Å²) in [4.78, 5) is 8.19. The van der Waals surface area contributed by atoms with E-state index in [0.29, 0.717) is 5.82 Å². The molecule has 1 aromatic rings. The zero-order chi connectivity index (χ0) is 12.3. The highest BCUT2D eigenvalue weighted by Crippen LogP contribution is 2.18. The maximum atomic E-state index is 11.4. The summed E-state index contributed by atoms with van der Waals surface area (Å²) in [7, 11) is -3.18. The van der Waals surface area contributed by atoms with Crippen LogP contribution >= 0.6 is 0 Å². The lowest BCUT2D eigenvalue weighted by Gasteiger charge is -2.10. The minimum atomic E-state index is -3.18. The van der Waals surface area contributed by atoms with E-state index in [0.717, 1.165) is 18.5 Å². The molecule has 0 aliphatic heterocycles. The molecule has 0 amide bonds. The Morgan fingerprint density at radius 1 is 1.44 bits per heavy atom. The first-order chi connectivity index (χ1) is 7.34.